The Hall–Kier alpha value is -1.34. The molecule has 0 aromatic heterocycles. The average molecular weight is 266 g/mol. The van der Waals surface area contributed by atoms with Gasteiger partial charge < -0.3 is 21.5 Å². The lowest BCUT2D eigenvalue weighted by Gasteiger charge is -2.18. The number of nitrogens with one attached hydrogen (secondary N) is 2. The summed E-state index contributed by atoms with van der Waals surface area (Å²) < 4.78 is 0. The Kier molecular flexibility index (Phi) is 6.52. The number of aliphatic carboxylic acids is 1. The zero-order chi connectivity index (χ0) is 13.6. The van der Waals surface area contributed by atoms with Crippen LogP contribution in [0.2, 0.25) is 0 Å². The summed E-state index contributed by atoms with van der Waals surface area (Å²) in [6.45, 7) is 2.89. The average Bonchev–Trinajstić information content (AvgIpc) is 2.24. The molecule has 3 atom stereocenters. The standard InChI is InChI=1S/C9H16ClN3O4/c1-4(11)7(14)12-5(2)8(15)13-6(3-10)9(16)17/h4-6H,3,11H2,1-2H3,(H,12,14)(H,13,15)(H,16,17)/t4-,5-,6-/m0/s1. The Bertz CT molecular complexity index is 309. The number of amides is 2. The third-order valence-corrected chi connectivity index (χ3v) is 2.24. The molecule has 0 heterocycles. The second-order valence-electron chi connectivity index (χ2n) is 3.57. The highest BCUT2D eigenvalue weighted by molar-refractivity contribution is 6.19. The fraction of sp³-hybridized carbons (Fsp3) is 0.667. The molecule has 7 nitrogen and oxygen atoms in total. The maximum absolute atomic E-state index is 11.5. The van der Waals surface area contributed by atoms with Crippen LogP contribution in [-0.2, 0) is 14.4 Å². The van der Waals surface area contributed by atoms with E-state index in [0.29, 0.717) is 0 Å². The molecule has 0 spiro atoms. The van der Waals surface area contributed by atoms with E-state index < -0.39 is 35.9 Å². The van der Waals surface area contributed by atoms with Crippen molar-refractivity contribution >= 4 is 29.4 Å². The summed E-state index contributed by atoms with van der Waals surface area (Å²) in [5.74, 6) is -2.62. The molecular formula is C9H16ClN3O4. The molecule has 0 aliphatic carbocycles. The van der Waals surface area contributed by atoms with E-state index in [1.54, 1.807) is 0 Å². The minimum Gasteiger partial charge on any atom is -0.480 e. The van der Waals surface area contributed by atoms with Crippen LogP contribution in [-0.4, -0.2) is 46.9 Å². The van der Waals surface area contributed by atoms with Gasteiger partial charge in [0.2, 0.25) is 11.8 Å². The Morgan fingerprint density at radius 2 is 1.76 bits per heavy atom. The molecule has 0 bridgehead atoms. The number of alkyl halides is 1. The SMILES string of the molecule is C[C@H](N)C(=O)N[C@@H](C)C(=O)N[C@@H](CCl)C(=O)O. The third kappa shape index (κ3) is 5.50. The summed E-state index contributed by atoms with van der Waals surface area (Å²) in [5, 5.41) is 13.2. The second kappa shape index (κ2) is 7.08. The monoisotopic (exact) mass is 265 g/mol. The second-order valence-corrected chi connectivity index (χ2v) is 3.88. The summed E-state index contributed by atoms with van der Waals surface area (Å²) in [5.41, 5.74) is 5.30. The van der Waals surface area contributed by atoms with Crippen molar-refractivity contribution in [3.63, 3.8) is 0 Å². The minimum absolute atomic E-state index is 0.255. The molecule has 17 heavy (non-hydrogen) atoms. The summed E-state index contributed by atoms with van der Waals surface area (Å²) in [6, 6.07) is -2.80. The molecule has 5 N–H and O–H groups in total. The van der Waals surface area contributed by atoms with E-state index in [2.05, 4.69) is 10.6 Å². The van der Waals surface area contributed by atoms with Crippen molar-refractivity contribution in [1.82, 2.24) is 10.6 Å². The first-order valence-corrected chi connectivity index (χ1v) is 5.48. The molecule has 0 fully saturated rings. The van der Waals surface area contributed by atoms with Crippen LogP contribution >= 0.6 is 11.6 Å². The zero-order valence-corrected chi connectivity index (χ0v) is 10.3. The van der Waals surface area contributed by atoms with Gasteiger partial charge in [0.1, 0.15) is 12.1 Å². The number of hydrogen-bond acceptors (Lipinski definition) is 4. The van der Waals surface area contributed by atoms with Gasteiger partial charge in [-0.3, -0.25) is 9.59 Å². The largest absolute Gasteiger partial charge is 0.480 e. The lowest BCUT2D eigenvalue weighted by atomic mass is 10.2. The van der Waals surface area contributed by atoms with Crippen molar-refractivity contribution in [2.24, 2.45) is 5.73 Å². The maximum Gasteiger partial charge on any atom is 0.327 e. The minimum atomic E-state index is -1.24. The number of halogens is 1. The number of carboxylic acids is 1. The van der Waals surface area contributed by atoms with Crippen LogP contribution in [0.4, 0.5) is 0 Å². The number of carboxylic acid groups (broad SMARTS) is 1. The molecule has 0 aromatic rings. The molecule has 0 saturated carbocycles. The normalized spacial score (nSPS) is 15.5. The topological polar surface area (TPSA) is 122 Å². The van der Waals surface area contributed by atoms with Gasteiger partial charge in [-0.2, -0.15) is 0 Å². The van der Waals surface area contributed by atoms with Crippen molar-refractivity contribution in [2.45, 2.75) is 32.0 Å². The Morgan fingerprint density at radius 1 is 1.24 bits per heavy atom. The van der Waals surface area contributed by atoms with Crippen LogP contribution in [0, 0.1) is 0 Å². The summed E-state index contributed by atoms with van der Waals surface area (Å²) in [4.78, 5) is 33.3. The molecule has 8 heteroatoms. The zero-order valence-electron chi connectivity index (χ0n) is 9.57. The molecule has 0 saturated heterocycles. The number of carbonyl (C=O) groups is 3. The van der Waals surface area contributed by atoms with E-state index in [0.717, 1.165) is 0 Å². The summed E-state index contributed by atoms with van der Waals surface area (Å²) in [7, 11) is 0. The molecule has 0 rings (SSSR count). The van der Waals surface area contributed by atoms with Gasteiger partial charge in [0.25, 0.3) is 0 Å². The van der Waals surface area contributed by atoms with Crippen LogP contribution in [0.3, 0.4) is 0 Å². The van der Waals surface area contributed by atoms with Crippen LogP contribution in [0.15, 0.2) is 0 Å². The summed E-state index contributed by atoms with van der Waals surface area (Å²) >= 11 is 5.36. The third-order valence-electron chi connectivity index (χ3n) is 1.93. The van der Waals surface area contributed by atoms with E-state index in [-0.39, 0.29) is 5.88 Å². The highest BCUT2D eigenvalue weighted by Crippen LogP contribution is 1.92. The predicted molar refractivity (Wildman–Crippen MR) is 61.5 cm³/mol. The van der Waals surface area contributed by atoms with Gasteiger partial charge >= 0.3 is 5.97 Å². The molecule has 0 unspecified atom stereocenters. The maximum atomic E-state index is 11.5. The van der Waals surface area contributed by atoms with Crippen molar-refractivity contribution in [1.29, 1.82) is 0 Å². The van der Waals surface area contributed by atoms with E-state index in [1.165, 1.54) is 13.8 Å². The predicted octanol–water partition coefficient (Wildman–Crippen LogP) is -1.35. The van der Waals surface area contributed by atoms with E-state index in [9.17, 15) is 14.4 Å². The molecule has 0 aliphatic heterocycles. The number of rotatable bonds is 6. The van der Waals surface area contributed by atoms with Crippen molar-refractivity contribution in [2.75, 3.05) is 5.88 Å². The number of hydrogen-bond donors (Lipinski definition) is 4. The van der Waals surface area contributed by atoms with Crippen LogP contribution < -0.4 is 16.4 Å². The fourth-order valence-electron chi connectivity index (χ4n) is 0.873. The first-order chi connectivity index (χ1) is 7.79. The van der Waals surface area contributed by atoms with Crippen LogP contribution in [0.25, 0.3) is 0 Å². The molecule has 0 aromatic carbocycles. The fourth-order valence-corrected chi connectivity index (χ4v) is 1.08. The van der Waals surface area contributed by atoms with Gasteiger partial charge in [0.15, 0.2) is 0 Å². The quantitative estimate of drug-likeness (QED) is 0.442. The highest BCUT2D eigenvalue weighted by Gasteiger charge is 2.23. The summed E-state index contributed by atoms with van der Waals surface area (Å²) in [6.07, 6.45) is 0. The van der Waals surface area contributed by atoms with E-state index in [4.69, 9.17) is 22.4 Å². The molecular weight excluding hydrogens is 250 g/mol. The Labute approximate surface area is 104 Å². The Balaban J connectivity index is 4.31. The van der Waals surface area contributed by atoms with Gasteiger partial charge in [-0.25, -0.2) is 4.79 Å². The van der Waals surface area contributed by atoms with Crippen molar-refractivity contribution in [3.05, 3.63) is 0 Å². The van der Waals surface area contributed by atoms with Gasteiger partial charge in [-0.15, -0.1) is 11.6 Å². The van der Waals surface area contributed by atoms with Crippen molar-refractivity contribution < 1.29 is 19.5 Å². The lowest BCUT2D eigenvalue weighted by Crippen LogP contribution is -2.53. The van der Waals surface area contributed by atoms with Crippen LogP contribution in [0.5, 0.6) is 0 Å². The molecule has 98 valence electrons. The number of nitrogens with two attached hydrogens (primary N) is 1. The first kappa shape index (κ1) is 15.7. The van der Waals surface area contributed by atoms with E-state index >= 15 is 0 Å². The van der Waals surface area contributed by atoms with Crippen molar-refractivity contribution in [3.8, 4) is 0 Å². The Morgan fingerprint density at radius 3 is 2.12 bits per heavy atom. The van der Waals surface area contributed by atoms with Gasteiger partial charge in [0.05, 0.1) is 11.9 Å². The smallest absolute Gasteiger partial charge is 0.327 e. The highest BCUT2D eigenvalue weighted by atomic mass is 35.5. The molecule has 0 radical (unpaired) electrons. The van der Waals surface area contributed by atoms with Gasteiger partial charge in [-0.05, 0) is 13.8 Å². The lowest BCUT2D eigenvalue weighted by molar-refractivity contribution is -0.141. The van der Waals surface area contributed by atoms with Gasteiger partial charge in [-0.1, -0.05) is 0 Å². The van der Waals surface area contributed by atoms with E-state index in [1.807, 2.05) is 0 Å². The number of carbonyl (C=O) groups excluding carboxylic acids is 2. The molecule has 0 aliphatic rings. The van der Waals surface area contributed by atoms with Crippen LogP contribution in [0.1, 0.15) is 13.8 Å². The molecule has 2 amide bonds. The van der Waals surface area contributed by atoms with Gasteiger partial charge in [0, 0.05) is 0 Å². The first-order valence-electron chi connectivity index (χ1n) is 4.94.